The van der Waals surface area contributed by atoms with Gasteiger partial charge in [-0.15, -0.1) is 0 Å². The fourth-order valence-electron chi connectivity index (χ4n) is 14.1. The maximum atomic E-state index is 15.0. The molecule has 0 aromatic heterocycles. The van der Waals surface area contributed by atoms with E-state index in [2.05, 4.69) is 47.6 Å². The largest absolute Gasteiger partial charge is 0.396 e. The molecule has 392 valence electrons. The van der Waals surface area contributed by atoms with E-state index in [1.807, 2.05) is 0 Å². The Balaban J connectivity index is 1.02. The molecule has 0 radical (unpaired) electrons. The summed E-state index contributed by atoms with van der Waals surface area (Å²) in [6.07, 6.45) is -16.2. The number of hydrogen-bond acceptors (Lipinski definition) is 19. The molecular weight excluding hydrogens is 893 g/mol. The Kier molecular flexibility index (Phi) is 16.2. The number of allylic oxidation sites excluding steroid dienone is 1. The third kappa shape index (κ3) is 9.33. The van der Waals surface area contributed by atoms with Gasteiger partial charge in [-0.05, 0) is 99.7 Å². The van der Waals surface area contributed by atoms with Crippen molar-refractivity contribution in [2.24, 2.45) is 45.3 Å². The number of rotatable bonds is 15. The van der Waals surface area contributed by atoms with Crippen LogP contribution >= 0.6 is 0 Å². The molecule has 0 aromatic carbocycles. The molecule has 4 aliphatic carbocycles. The second-order valence-electron chi connectivity index (χ2n) is 23.2. The SMILES string of the molecule is C[C@H](CC[C@@H](O[C@@H]1O[C@H](COC2O[C@H](CO)[C@@H](O)[C@H](O)[C@H]2O)[C@@H](O)[C@H](O)[C@H]1O)C(C)(C)O)C1CC[C@@]2(C)C3CC=C4C(CC[C@H](O[C@@H]5O[C@H](CCO)[C@@H](O)[C@H](O)[C@H]5O)C4(C)C)[C@]3(C)C(=O)C[C@]12C. The lowest BCUT2D eigenvalue weighted by atomic mass is 9.38. The number of hydrogen-bond donors (Lipinski definition) is 12. The third-order valence-electron chi connectivity index (χ3n) is 18.6. The number of fused-ring (bicyclic) bond motifs is 5. The minimum absolute atomic E-state index is 0.0336. The van der Waals surface area contributed by atoms with E-state index in [1.165, 1.54) is 0 Å². The predicted molar refractivity (Wildman–Crippen MR) is 239 cm³/mol. The summed E-state index contributed by atoms with van der Waals surface area (Å²) in [5.41, 5.74) is -2.04. The summed E-state index contributed by atoms with van der Waals surface area (Å²) in [5.74, 6) is 0.504. The summed E-state index contributed by atoms with van der Waals surface area (Å²) in [6, 6.07) is 0. The zero-order valence-corrected chi connectivity index (χ0v) is 40.9. The van der Waals surface area contributed by atoms with Crippen LogP contribution < -0.4 is 0 Å². The first-order valence-corrected chi connectivity index (χ1v) is 24.9. The van der Waals surface area contributed by atoms with Gasteiger partial charge >= 0.3 is 0 Å². The molecule has 7 rings (SSSR count). The Morgan fingerprint density at radius 3 is 1.91 bits per heavy atom. The molecule has 12 N–H and O–H groups in total. The molecule has 3 saturated carbocycles. The van der Waals surface area contributed by atoms with Crippen molar-refractivity contribution < 1.29 is 94.5 Å². The monoisotopic (exact) mass is 975 g/mol. The van der Waals surface area contributed by atoms with Crippen molar-refractivity contribution in [3.8, 4) is 0 Å². The number of ether oxygens (including phenoxy) is 6. The molecule has 68 heavy (non-hydrogen) atoms. The van der Waals surface area contributed by atoms with Crippen LogP contribution in [-0.2, 0) is 33.2 Å². The quantitative estimate of drug-likeness (QED) is 0.0925. The van der Waals surface area contributed by atoms with Crippen LogP contribution in [0.2, 0.25) is 0 Å². The fourth-order valence-corrected chi connectivity index (χ4v) is 14.1. The minimum Gasteiger partial charge on any atom is -0.396 e. The maximum Gasteiger partial charge on any atom is 0.187 e. The van der Waals surface area contributed by atoms with Crippen LogP contribution in [0.1, 0.15) is 113 Å². The maximum absolute atomic E-state index is 15.0. The third-order valence-corrected chi connectivity index (χ3v) is 18.6. The second-order valence-corrected chi connectivity index (χ2v) is 23.2. The van der Waals surface area contributed by atoms with E-state index >= 15 is 4.79 Å². The molecule has 6 fully saturated rings. The topological polar surface area (TPSA) is 315 Å². The molecule has 0 aromatic rings. The molecule has 4 unspecified atom stereocenters. The summed E-state index contributed by atoms with van der Waals surface area (Å²) in [7, 11) is 0. The highest BCUT2D eigenvalue weighted by Crippen LogP contribution is 2.74. The summed E-state index contributed by atoms with van der Waals surface area (Å²) < 4.78 is 35.5. The van der Waals surface area contributed by atoms with Gasteiger partial charge < -0.3 is 89.7 Å². The fraction of sp³-hybridized carbons (Fsp3) is 0.939. The molecule has 19 nitrogen and oxygen atoms in total. The standard InChI is InChI=1S/C49H82O19/c1-22(9-13-32(46(4,5)62)68-44-41(61)38(58)35(55)28(66-44)21-63-42-39(59)37(57)34(54)27(20-51)65-42)23-15-17-47(6)29-12-10-24-25(49(29,8)30(52)19-48(23,47)7)11-14-31(45(24,2)3)67-43-40(60)36(56)33(53)26(64-43)16-18-50/h10,22-23,25-29,31-44,50-51,53-62H,9,11-21H2,1-8H3/t22-,23?,25?,26-,27-,28-,29?,31+,32-,33-,34-,35-,36+,37+,38+,39-,40-,41-,42?,43+,44+,47+,48-,49+/m1/s1. The molecule has 19 heteroatoms. The average Bonchev–Trinajstić information content (AvgIpc) is 3.55. The van der Waals surface area contributed by atoms with Gasteiger partial charge in [0.1, 0.15) is 72.9 Å². The molecule has 7 aliphatic rings. The highest BCUT2D eigenvalue weighted by Gasteiger charge is 2.70. The zero-order valence-electron chi connectivity index (χ0n) is 40.9. The number of carbonyl (C=O) groups excluding carboxylic acids is 1. The summed E-state index contributed by atoms with van der Waals surface area (Å²) in [4.78, 5) is 15.0. The van der Waals surface area contributed by atoms with E-state index in [0.29, 0.717) is 38.5 Å². The molecule has 24 atom stereocenters. The number of carbonyl (C=O) groups is 1. The van der Waals surface area contributed by atoms with E-state index in [9.17, 15) is 61.3 Å². The number of aliphatic hydroxyl groups is 12. The molecule has 3 heterocycles. The number of ketones is 1. The molecule has 0 spiro atoms. The minimum atomic E-state index is -1.76. The summed E-state index contributed by atoms with van der Waals surface area (Å²) in [5, 5.41) is 126. The van der Waals surface area contributed by atoms with Crippen LogP contribution in [-0.4, -0.2) is 197 Å². The van der Waals surface area contributed by atoms with E-state index in [4.69, 9.17) is 28.4 Å². The molecular formula is C49H82O19. The Labute approximate surface area is 399 Å². The van der Waals surface area contributed by atoms with Crippen molar-refractivity contribution >= 4 is 5.78 Å². The van der Waals surface area contributed by atoms with Crippen molar-refractivity contribution in [3.63, 3.8) is 0 Å². The lowest BCUT2D eigenvalue weighted by Gasteiger charge is -2.65. The van der Waals surface area contributed by atoms with Crippen molar-refractivity contribution in [1.29, 1.82) is 0 Å². The lowest BCUT2D eigenvalue weighted by molar-refractivity contribution is -0.341. The Hall–Kier alpha value is -1.31. The Morgan fingerprint density at radius 1 is 0.721 bits per heavy atom. The molecule has 3 saturated heterocycles. The first kappa shape index (κ1) is 54.5. The molecule has 0 bridgehead atoms. The first-order valence-electron chi connectivity index (χ1n) is 24.9. The van der Waals surface area contributed by atoms with Gasteiger partial charge in [-0.2, -0.15) is 0 Å². The average molecular weight is 975 g/mol. The zero-order chi connectivity index (χ0) is 50.2. The summed E-state index contributed by atoms with van der Waals surface area (Å²) >= 11 is 0. The first-order chi connectivity index (χ1) is 31.7. The van der Waals surface area contributed by atoms with Crippen LogP contribution in [0.5, 0.6) is 0 Å². The van der Waals surface area contributed by atoms with Crippen LogP contribution in [0.15, 0.2) is 11.6 Å². The van der Waals surface area contributed by atoms with Crippen LogP contribution in [0.4, 0.5) is 0 Å². The number of Topliss-reactive ketones (excluding diaryl/α,β-unsaturated/α-hetero) is 1. The molecule has 3 aliphatic heterocycles. The van der Waals surface area contributed by atoms with Crippen LogP contribution in [0.3, 0.4) is 0 Å². The van der Waals surface area contributed by atoms with Gasteiger partial charge in [0.25, 0.3) is 0 Å². The van der Waals surface area contributed by atoms with Gasteiger partial charge in [-0.3, -0.25) is 4.79 Å². The van der Waals surface area contributed by atoms with Crippen LogP contribution in [0.25, 0.3) is 0 Å². The smallest absolute Gasteiger partial charge is 0.187 e. The highest BCUT2D eigenvalue weighted by atomic mass is 16.7. The highest BCUT2D eigenvalue weighted by molar-refractivity contribution is 5.88. The van der Waals surface area contributed by atoms with Crippen molar-refractivity contribution in [2.75, 3.05) is 19.8 Å². The van der Waals surface area contributed by atoms with Gasteiger partial charge in [0, 0.05) is 23.9 Å². The van der Waals surface area contributed by atoms with E-state index in [0.717, 1.165) is 18.4 Å². The molecule has 0 amide bonds. The van der Waals surface area contributed by atoms with Gasteiger partial charge in [0.2, 0.25) is 0 Å². The van der Waals surface area contributed by atoms with Gasteiger partial charge in [-0.1, -0.05) is 53.2 Å². The lowest BCUT2D eigenvalue weighted by Crippen LogP contribution is -2.64. The van der Waals surface area contributed by atoms with E-state index in [-0.39, 0.29) is 53.3 Å². The van der Waals surface area contributed by atoms with E-state index < -0.39 is 134 Å². The predicted octanol–water partition coefficient (Wildman–Crippen LogP) is -0.458. The van der Waals surface area contributed by atoms with E-state index in [1.54, 1.807) is 13.8 Å². The van der Waals surface area contributed by atoms with Crippen molar-refractivity contribution in [3.05, 3.63) is 11.6 Å². The Morgan fingerprint density at radius 2 is 1.29 bits per heavy atom. The van der Waals surface area contributed by atoms with Crippen LogP contribution in [0, 0.1) is 45.3 Å². The Bertz CT molecular complexity index is 1770. The summed E-state index contributed by atoms with van der Waals surface area (Å²) in [6.45, 7) is 14.8. The second kappa shape index (κ2) is 20.2. The normalized spacial score (nSPS) is 49.3. The van der Waals surface area contributed by atoms with Gasteiger partial charge in [0.15, 0.2) is 18.9 Å². The number of aliphatic hydroxyl groups excluding tert-OH is 11. The van der Waals surface area contributed by atoms with Gasteiger partial charge in [-0.25, -0.2) is 0 Å². The van der Waals surface area contributed by atoms with Gasteiger partial charge in [0.05, 0.1) is 37.1 Å². The van der Waals surface area contributed by atoms with Crippen molar-refractivity contribution in [2.45, 2.75) is 223 Å². The van der Waals surface area contributed by atoms with Crippen molar-refractivity contribution in [1.82, 2.24) is 0 Å².